The number of rotatable bonds is 10. The number of ether oxygens (including phenoxy) is 4. The molecule has 2 aromatic carbocycles. The molecule has 2 saturated heterocycles. The minimum atomic E-state index is -0.314. The maximum absolute atomic E-state index is 11.0. The van der Waals surface area contributed by atoms with E-state index in [1.807, 2.05) is 13.8 Å². The van der Waals surface area contributed by atoms with Crippen LogP contribution in [0, 0.1) is 41.9 Å². The lowest BCUT2D eigenvalue weighted by Crippen LogP contribution is -2.54. The fraction of sp³-hybridized carbons (Fsp3) is 0.721. The maximum atomic E-state index is 11.0. The molecule has 2 fully saturated rings. The quantitative estimate of drug-likeness (QED) is 0.260. The summed E-state index contributed by atoms with van der Waals surface area (Å²) in [5.41, 5.74) is 5.93. The molecule has 6 nitrogen and oxygen atoms in total. The van der Waals surface area contributed by atoms with Crippen LogP contribution in [0.1, 0.15) is 129 Å². The molecule has 0 aromatic heterocycles. The highest BCUT2D eigenvalue weighted by atomic mass is 16.7. The second-order valence-electron chi connectivity index (χ2n) is 19.7. The van der Waals surface area contributed by atoms with Crippen molar-refractivity contribution in [1.82, 2.24) is 0 Å². The summed E-state index contributed by atoms with van der Waals surface area (Å²) in [5.74, 6) is 1.10. The number of phenolic OH excluding ortho intramolecular Hbond substituents is 2. The van der Waals surface area contributed by atoms with Crippen molar-refractivity contribution in [3.05, 3.63) is 57.6 Å². The molecular formula is C43H68O6. The lowest BCUT2D eigenvalue weighted by molar-refractivity contribution is -0.317. The van der Waals surface area contributed by atoms with Gasteiger partial charge in [0.05, 0.1) is 31.8 Å². The standard InChI is InChI=1S/C43H68O6/c1-27-15-31(19-33(35(27)44)41(11,12)21-39(5,6)7)17-29(3)37-46-23-43(24-47-37)25-48-38(49-26-43)30(4)18-32-16-28(2)36(45)34(20-32)42(13,14)22-40(8,9)10/h15-16,19-20,29-30,37-38,44-45H,17-18,21-26H2,1-14H3. The van der Waals surface area contributed by atoms with Crippen LogP contribution in [0.3, 0.4) is 0 Å². The van der Waals surface area contributed by atoms with E-state index in [9.17, 15) is 10.2 Å². The van der Waals surface area contributed by atoms with E-state index in [2.05, 4.69) is 107 Å². The fourth-order valence-electron chi connectivity index (χ4n) is 8.79. The molecule has 2 aliphatic heterocycles. The first-order chi connectivity index (χ1) is 22.4. The zero-order valence-corrected chi connectivity index (χ0v) is 33.3. The van der Waals surface area contributed by atoms with Crippen LogP contribution in [0.4, 0.5) is 0 Å². The zero-order chi connectivity index (χ0) is 36.7. The largest absolute Gasteiger partial charge is 0.507 e. The molecule has 6 heteroatoms. The Kier molecular flexibility index (Phi) is 11.7. The molecular weight excluding hydrogens is 612 g/mol. The van der Waals surface area contributed by atoms with E-state index < -0.39 is 0 Å². The number of phenols is 2. The molecule has 0 saturated carbocycles. The second kappa shape index (κ2) is 14.5. The van der Waals surface area contributed by atoms with Gasteiger partial charge in [0.2, 0.25) is 0 Å². The smallest absolute Gasteiger partial charge is 0.160 e. The molecule has 276 valence electrons. The summed E-state index contributed by atoms with van der Waals surface area (Å²) in [6.07, 6.45) is 2.93. The van der Waals surface area contributed by atoms with Gasteiger partial charge in [-0.3, -0.25) is 0 Å². The lowest BCUT2D eigenvalue weighted by Gasteiger charge is -2.45. The Balaban J connectivity index is 1.33. The first-order valence-corrected chi connectivity index (χ1v) is 18.5. The topological polar surface area (TPSA) is 77.4 Å². The van der Waals surface area contributed by atoms with Crippen molar-refractivity contribution >= 4 is 0 Å². The Bertz CT molecular complexity index is 1310. The first kappa shape index (κ1) is 39.7. The third-order valence-corrected chi connectivity index (χ3v) is 10.4. The Hall–Kier alpha value is -2.12. The van der Waals surface area contributed by atoms with Gasteiger partial charge in [-0.15, -0.1) is 0 Å². The van der Waals surface area contributed by atoms with Gasteiger partial charge in [-0.05, 0) is 83.4 Å². The Morgan fingerprint density at radius 2 is 0.898 bits per heavy atom. The van der Waals surface area contributed by atoms with E-state index in [4.69, 9.17) is 18.9 Å². The number of hydrogen-bond acceptors (Lipinski definition) is 6. The van der Waals surface area contributed by atoms with E-state index >= 15 is 0 Å². The minimum absolute atomic E-state index is 0.144. The fourth-order valence-corrected chi connectivity index (χ4v) is 8.79. The number of aryl methyl sites for hydroxylation is 2. The first-order valence-electron chi connectivity index (χ1n) is 18.5. The van der Waals surface area contributed by atoms with Crippen LogP contribution in [-0.2, 0) is 42.6 Å². The Morgan fingerprint density at radius 1 is 0.592 bits per heavy atom. The van der Waals surface area contributed by atoms with Crippen molar-refractivity contribution in [3.8, 4) is 11.5 Å². The Morgan fingerprint density at radius 3 is 1.18 bits per heavy atom. The highest BCUT2D eigenvalue weighted by Gasteiger charge is 2.44. The normalized spacial score (nSPS) is 23.9. The average Bonchev–Trinajstić information content (AvgIpc) is 2.94. The second-order valence-corrected chi connectivity index (χ2v) is 19.7. The lowest BCUT2D eigenvalue weighted by atomic mass is 9.71. The molecule has 2 atom stereocenters. The average molecular weight is 681 g/mol. The predicted molar refractivity (Wildman–Crippen MR) is 199 cm³/mol. The van der Waals surface area contributed by atoms with E-state index in [1.165, 1.54) is 11.1 Å². The summed E-state index contributed by atoms with van der Waals surface area (Å²) in [6, 6.07) is 8.58. The van der Waals surface area contributed by atoms with E-state index in [-0.39, 0.29) is 51.5 Å². The SMILES string of the molecule is Cc1cc(CC(C)C2OCC3(CO2)COC(C(C)Cc2cc(C)c(O)c(C(C)(C)CC(C)(C)C)c2)OC3)cc(C(C)(C)CC(C)(C)C)c1O. The van der Waals surface area contributed by atoms with Crippen molar-refractivity contribution in [2.45, 2.75) is 146 Å². The molecule has 49 heavy (non-hydrogen) atoms. The third-order valence-electron chi connectivity index (χ3n) is 10.4. The molecule has 2 heterocycles. The minimum Gasteiger partial charge on any atom is -0.507 e. The van der Waals surface area contributed by atoms with Gasteiger partial charge in [0.15, 0.2) is 12.6 Å². The molecule has 1 spiro atoms. The van der Waals surface area contributed by atoms with Crippen LogP contribution in [0.5, 0.6) is 11.5 Å². The molecule has 0 aliphatic carbocycles. The monoisotopic (exact) mass is 681 g/mol. The van der Waals surface area contributed by atoms with Crippen molar-refractivity contribution in [1.29, 1.82) is 0 Å². The van der Waals surface area contributed by atoms with Crippen LogP contribution in [0.2, 0.25) is 0 Å². The van der Waals surface area contributed by atoms with Gasteiger partial charge < -0.3 is 29.2 Å². The van der Waals surface area contributed by atoms with Crippen LogP contribution in [-0.4, -0.2) is 49.2 Å². The zero-order valence-electron chi connectivity index (χ0n) is 33.3. The highest BCUT2D eigenvalue weighted by Crippen LogP contribution is 2.44. The van der Waals surface area contributed by atoms with E-state index in [0.29, 0.717) is 37.9 Å². The highest BCUT2D eigenvalue weighted by molar-refractivity contribution is 5.48. The van der Waals surface area contributed by atoms with Gasteiger partial charge in [0.25, 0.3) is 0 Å². The predicted octanol–water partition coefficient (Wildman–Crippen LogP) is 9.93. The number of benzene rings is 2. The third kappa shape index (κ3) is 10.0. The maximum Gasteiger partial charge on any atom is 0.160 e. The van der Waals surface area contributed by atoms with Crippen LogP contribution < -0.4 is 0 Å². The van der Waals surface area contributed by atoms with Crippen LogP contribution in [0.15, 0.2) is 24.3 Å². The molecule has 2 N–H and O–H groups in total. The summed E-state index contributed by atoms with van der Waals surface area (Å²) < 4.78 is 25.5. The summed E-state index contributed by atoms with van der Waals surface area (Å²) in [5, 5.41) is 22.0. The molecule has 2 aromatic rings. The van der Waals surface area contributed by atoms with Crippen molar-refractivity contribution in [2.24, 2.45) is 28.1 Å². The van der Waals surface area contributed by atoms with Crippen molar-refractivity contribution in [2.75, 3.05) is 26.4 Å². The molecule has 0 radical (unpaired) electrons. The van der Waals surface area contributed by atoms with Crippen molar-refractivity contribution in [3.63, 3.8) is 0 Å². The molecule has 0 bridgehead atoms. The molecule has 4 rings (SSSR count). The summed E-state index contributed by atoms with van der Waals surface area (Å²) in [4.78, 5) is 0. The van der Waals surface area contributed by atoms with Crippen LogP contribution >= 0.6 is 0 Å². The summed E-state index contributed by atoms with van der Waals surface area (Å²) >= 11 is 0. The summed E-state index contributed by atoms with van der Waals surface area (Å²) in [7, 11) is 0. The van der Waals surface area contributed by atoms with Gasteiger partial charge in [-0.1, -0.05) is 107 Å². The van der Waals surface area contributed by atoms with E-state index in [0.717, 1.165) is 47.9 Å². The molecule has 2 aliphatic rings. The van der Waals surface area contributed by atoms with Crippen LogP contribution in [0.25, 0.3) is 0 Å². The van der Waals surface area contributed by atoms with Gasteiger partial charge in [-0.2, -0.15) is 0 Å². The summed E-state index contributed by atoms with van der Waals surface area (Å²) in [6.45, 7) is 32.9. The Labute approximate surface area is 298 Å². The van der Waals surface area contributed by atoms with Gasteiger partial charge in [0.1, 0.15) is 11.5 Å². The van der Waals surface area contributed by atoms with Gasteiger partial charge in [0, 0.05) is 23.0 Å². The van der Waals surface area contributed by atoms with E-state index in [1.54, 1.807) is 0 Å². The number of hydrogen-bond donors (Lipinski definition) is 2. The van der Waals surface area contributed by atoms with Gasteiger partial charge in [-0.25, -0.2) is 0 Å². The molecule has 2 unspecified atom stereocenters. The number of aromatic hydroxyl groups is 2. The van der Waals surface area contributed by atoms with Crippen molar-refractivity contribution < 1.29 is 29.2 Å². The molecule has 0 amide bonds. The van der Waals surface area contributed by atoms with Gasteiger partial charge >= 0.3 is 0 Å².